The molecule has 0 aliphatic rings. The first kappa shape index (κ1) is 15.1. The summed E-state index contributed by atoms with van der Waals surface area (Å²) in [5.74, 6) is 5.38. The molecule has 0 bridgehead atoms. The molecule has 4 heteroatoms. The standard InChI is InChI=1S/C17H21N3O/c1-11-7-12(2)9-15(8-11)20(4)17(21)14-5-6-16(19-18)13(3)10-14/h5-10,19H,18H2,1-4H3. The number of nitrogens with one attached hydrogen (secondary N) is 1. The zero-order valence-electron chi connectivity index (χ0n) is 12.9. The first-order chi connectivity index (χ1) is 9.92. The number of amides is 1. The molecule has 0 saturated carbocycles. The van der Waals surface area contributed by atoms with Gasteiger partial charge in [-0.25, -0.2) is 0 Å². The normalized spacial score (nSPS) is 10.3. The van der Waals surface area contributed by atoms with Gasteiger partial charge in [0.05, 0.1) is 5.69 Å². The van der Waals surface area contributed by atoms with Crippen LogP contribution in [0.5, 0.6) is 0 Å². The molecular weight excluding hydrogens is 262 g/mol. The Labute approximate surface area is 125 Å². The quantitative estimate of drug-likeness (QED) is 0.672. The minimum atomic E-state index is -0.0355. The van der Waals surface area contributed by atoms with Crippen molar-refractivity contribution >= 4 is 17.3 Å². The Kier molecular flexibility index (Phi) is 4.29. The molecule has 3 N–H and O–H groups in total. The van der Waals surface area contributed by atoms with Crippen LogP contribution in [0.3, 0.4) is 0 Å². The number of carbonyl (C=O) groups excluding carboxylic acids is 1. The van der Waals surface area contributed by atoms with E-state index in [1.807, 2.05) is 45.0 Å². The van der Waals surface area contributed by atoms with Gasteiger partial charge in [0.2, 0.25) is 0 Å². The number of carbonyl (C=O) groups is 1. The van der Waals surface area contributed by atoms with E-state index in [1.54, 1.807) is 18.0 Å². The first-order valence-electron chi connectivity index (χ1n) is 6.86. The van der Waals surface area contributed by atoms with Crippen molar-refractivity contribution in [2.24, 2.45) is 5.84 Å². The lowest BCUT2D eigenvalue weighted by Crippen LogP contribution is -2.26. The van der Waals surface area contributed by atoms with Crippen LogP contribution in [-0.4, -0.2) is 13.0 Å². The number of aryl methyl sites for hydroxylation is 3. The molecule has 0 saturated heterocycles. The molecule has 2 aromatic rings. The molecule has 0 atom stereocenters. The molecule has 110 valence electrons. The predicted octanol–water partition coefficient (Wildman–Crippen LogP) is 3.17. The molecule has 2 aromatic carbocycles. The highest BCUT2D eigenvalue weighted by Crippen LogP contribution is 2.21. The van der Waals surface area contributed by atoms with Crippen molar-refractivity contribution in [2.45, 2.75) is 20.8 Å². The number of hydrogen-bond acceptors (Lipinski definition) is 3. The van der Waals surface area contributed by atoms with Crippen molar-refractivity contribution in [3.8, 4) is 0 Å². The van der Waals surface area contributed by atoms with Crippen molar-refractivity contribution in [1.82, 2.24) is 0 Å². The van der Waals surface area contributed by atoms with E-state index in [0.717, 1.165) is 28.1 Å². The zero-order valence-corrected chi connectivity index (χ0v) is 12.9. The van der Waals surface area contributed by atoms with E-state index in [-0.39, 0.29) is 5.91 Å². The molecule has 0 spiro atoms. The number of rotatable bonds is 3. The summed E-state index contributed by atoms with van der Waals surface area (Å²) >= 11 is 0. The molecule has 4 nitrogen and oxygen atoms in total. The maximum atomic E-state index is 12.6. The monoisotopic (exact) mass is 283 g/mol. The summed E-state index contributed by atoms with van der Waals surface area (Å²) in [5.41, 5.74) is 8.20. The van der Waals surface area contributed by atoms with Gasteiger partial charge in [-0.2, -0.15) is 0 Å². The van der Waals surface area contributed by atoms with Crippen molar-refractivity contribution < 1.29 is 4.79 Å². The van der Waals surface area contributed by atoms with Crippen molar-refractivity contribution in [3.05, 3.63) is 58.7 Å². The average molecular weight is 283 g/mol. The Morgan fingerprint density at radius 1 is 1.05 bits per heavy atom. The number of nitrogen functional groups attached to an aromatic ring is 1. The minimum absolute atomic E-state index is 0.0355. The molecule has 0 aliphatic heterocycles. The Morgan fingerprint density at radius 2 is 1.67 bits per heavy atom. The van der Waals surface area contributed by atoms with E-state index in [9.17, 15) is 4.79 Å². The third-order valence-corrected chi connectivity index (χ3v) is 3.53. The second kappa shape index (κ2) is 5.97. The van der Waals surface area contributed by atoms with Crippen molar-refractivity contribution in [3.63, 3.8) is 0 Å². The highest BCUT2D eigenvalue weighted by Gasteiger charge is 2.14. The summed E-state index contributed by atoms with van der Waals surface area (Å²) in [6.45, 7) is 5.98. The van der Waals surface area contributed by atoms with Gasteiger partial charge in [0, 0.05) is 18.3 Å². The lowest BCUT2D eigenvalue weighted by atomic mass is 10.1. The van der Waals surface area contributed by atoms with Crippen LogP contribution in [0, 0.1) is 20.8 Å². The van der Waals surface area contributed by atoms with Gasteiger partial charge >= 0.3 is 0 Å². The van der Waals surface area contributed by atoms with E-state index < -0.39 is 0 Å². The third-order valence-electron chi connectivity index (χ3n) is 3.53. The number of nitrogens with zero attached hydrogens (tertiary/aromatic N) is 1. The SMILES string of the molecule is Cc1cc(C)cc(N(C)C(=O)c2ccc(NN)c(C)c2)c1. The largest absolute Gasteiger partial charge is 0.324 e. The van der Waals surface area contributed by atoms with E-state index in [4.69, 9.17) is 5.84 Å². The Morgan fingerprint density at radius 3 is 2.19 bits per heavy atom. The summed E-state index contributed by atoms with van der Waals surface area (Å²) in [5, 5.41) is 0. The topological polar surface area (TPSA) is 58.4 Å². The molecule has 0 heterocycles. The van der Waals surface area contributed by atoms with Crippen LogP contribution in [-0.2, 0) is 0 Å². The van der Waals surface area contributed by atoms with Gasteiger partial charge in [0.25, 0.3) is 5.91 Å². The van der Waals surface area contributed by atoms with Gasteiger partial charge in [0.1, 0.15) is 0 Å². The highest BCUT2D eigenvalue weighted by molar-refractivity contribution is 6.06. The fourth-order valence-corrected chi connectivity index (χ4v) is 2.41. The lowest BCUT2D eigenvalue weighted by molar-refractivity contribution is 0.0993. The predicted molar refractivity (Wildman–Crippen MR) is 87.6 cm³/mol. The van der Waals surface area contributed by atoms with Crippen LogP contribution >= 0.6 is 0 Å². The number of nitrogens with two attached hydrogens (primary N) is 1. The first-order valence-corrected chi connectivity index (χ1v) is 6.86. The molecule has 0 radical (unpaired) electrons. The van der Waals surface area contributed by atoms with E-state index >= 15 is 0 Å². The Bertz CT molecular complexity index is 659. The van der Waals surface area contributed by atoms with E-state index in [1.165, 1.54) is 0 Å². The molecule has 0 aliphatic carbocycles. The van der Waals surface area contributed by atoms with E-state index in [2.05, 4.69) is 11.5 Å². The van der Waals surface area contributed by atoms with Gasteiger partial charge in [-0.05, 0) is 67.8 Å². The Hall–Kier alpha value is -2.33. The van der Waals surface area contributed by atoms with Gasteiger partial charge in [-0.1, -0.05) is 6.07 Å². The smallest absolute Gasteiger partial charge is 0.258 e. The van der Waals surface area contributed by atoms with Crippen LogP contribution in [0.4, 0.5) is 11.4 Å². The van der Waals surface area contributed by atoms with Crippen molar-refractivity contribution in [2.75, 3.05) is 17.4 Å². The maximum absolute atomic E-state index is 12.6. The molecule has 2 rings (SSSR count). The zero-order chi connectivity index (χ0) is 15.6. The fourth-order valence-electron chi connectivity index (χ4n) is 2.41. The number of benzene rings is 2. The number of hydrogen-bond donors (Lipinski definition) is 2. The van der Waals surface area contributed by atoms with Crippen LogP contribution in [0.2, 0.25) is 0 Å². The van der Waals surface area contributed by atoms with Gasteiger partial charge < -0.3 is 10.3 Å². The minimum Gasteiger partial charge on any atom is -0.324 e. The molecular formula is C17H21N3O. The average Bonchev–Trinajstić information content (AvgIpc) is 2.44. The molecule has 0 unspecified atom stereocenters. The number of hydrazine groups is 1. The fraction of sp³-hybridized carbons (Fsp3) is 0.235. The maximum Gasteiger partial charge on any atom is 0.258 e. The van der Waals surface area contributed by atoms with Crippen LogP contribution in [0.25, 0.3) is 0 Å². The molecule has 0 fully saturated rings. The van der Waals surface area contributed by atoms with Gasteiger partial charge in [-0.15, -0.1) is 0 Å². The van der Waals surface area contributed by atoms with Crippen molar-refractivity contribution in [1.29, 1.82) is 0 Å². The summed E-state index contributed by atoms with van der Waals surface area (Å²) in [4.78, 5) is 14.3. The van der Waals surface area contributed by atoms with Gasteiger partial charge in [0.15, 0.2) is 0 Å². The molecule has 0 aromatic heterocycles. The third kappa shape index (κ3) is 3.23. The highest BCUT2D eigenvalue weighted by atomic mass is 16.2. The van der Waals surface area contributed by atoms with E-state index in [0.29, 0.717) is 5.56 Å². The Balaban J connectivity index is 2.32. The molecule has 21 heavy (non-hydrogen) atoms. The van der Waals surface area contributed by atoms with Crippen LogP contribution in [0.1, 0.15) is 27.0 Å². The number of anilines is 2. The summed E-state index contributed by atoms with van der Waals surface area (Å²) in [7, 11) is 1.79. The second-order valence-electron chi connectivity index (χ2n) is 5.38. The van der Waals surface area contributed by atoms with Crippen LogP contribution < -0.4 is 16.2 Å². The summed E-state index contributed by atoms with van der Waals surface area (Å²) < 4.78 is 0. The van der Waals surface area contributed by atoms with Gasteiger partial charge in [-0.3, -0.25) is 10.6 Å². The summed E-state index contributed by atoms with van der Waals surface area (Å²) in [6.07, 6.45) is 0. The second-order valence-corrected chi connectivity index (χ2v) is 5.38. The lowest BCUT2D eigenvalue weighted by Gasteiger charge is -2.19. The molecule has 1 amide bonds. The van der Waals surface area contributed by atoms with Crippen LogP contribution in [0.15, 0.2) is 36.4 Å². The summed E-state index contributed by atoms with van der Waals surface area (Å²) in [6, 6.07) is 11.5.